The third-order valence-corrected chi connectivity index (χ3v) is 3.49. The molecule has 0 saturated heterocycles. The number of thioether (sulfide) groups is 1. The Morgan fingerprint density at radius 1 is 0.786 bits per heavy atom. The van der Waals surface area contributed by atoms with E-state index in [4.69, 9.17) is 5.11 Å². The lowest BCUT2D eigenvalue weighted by molar-refractivity contribution is 0.284. The van der Waals surface area contributed by atoms with E-state index in [9.17, 15) is 0 Å². The van der Waals surface area contributed by atoms with Crippen molar-refractivity contribution < 1.29 is 5.11 Å². The van der Waals surface area contributed by atoms with Gasteiger partial charge in [-0.25, -0.2) is 0 Å². The van der Waals surface area contributed by atoms with Crippen molar-refractivity contribution in [3.8, 4) is 0 Å². The van der Waals surface area contributed by atoms with Crippen molar-refractivity contribution in [2.75, 3.05) is 18.1 Å². The molecule has 0 unspecified atom stereocenters. The lowest BCUT2D eigenvalue weighted by atomic mass is 10.2. The summed E-state index contributed by atoms with van der Waals surface area (Å²) >= 11 is 2.08. The molecule has 1 N–H and O–H groups in total. The van der Waals surface area contributed by atoms with Gasteiger partial charge in [0.25, 0.3) is 0 Å². The standard InChI is InChI=1S/C12H26OS/c1-2-3-4-5-8-11-14-12-9-6-7-10-13/h13H,2-12H2,1H3. The molecule has 0 saturated carbocycles. The van der Waals surface area contributed by atoms with Crippen LogP contribution in [0.15, 0.2) is 0 Å². The first kappa shape index (κ1) is 14.3. The average Bonchev–Trinajstić information content (AvgIpc) is 2.21. The molecule has 0 heterocycles. The van der Waals surface area contributed by atoms with Crippen molar-refractivity contribution in [1.82, 2.24) is 0 Å². The summed E-state index contributed by atoms with van der Waals surface area (Å²) in [5.74, 6) is 2.62. The van der Waals surface area contributed by atoms with Crippen LogP contribution in [-0.4, -0.2) is 23.2 Å². The van der Waals surface area contributed by atoms with Gasteiger partial charge in [0.05, 0.1) is 0 Å². The third-order valence-electron chi connectivity index (χ3n) is 2.34. The molecule has 86 valence electrons. The minimum atomic E-state index is 0.363. The molecule has 0 aliphatic rings. The van der Waals surface area contributed by atoms with Crippen LogP contribution in [-0.2, 0) is 0 Å². The van der Waals surface area contributed by atoms with Crippen LogP contribution in [0.1, 0.15) is 58.3 Å². The second kappa shape index (κ2) is 13.3. The molecule has 0 amide bonds. The van der Waals surface area contributed by atoms with E-state index >= 15 is 0 Å². The van der Waals surface area contributed by atoms with Crippen LogP contribution < -0.4 is 0 Å². The second-order valence-corrected chi connectivity index (χ2v) is 5.04. The Bertz CT molecular complexity index is 84.3. The Kier molecular flexibility index (Phi) is 13.6. The summed E-state index contributed by atoms with van der Waals surface area (Å²) in [6.45, 7) is 2.62. The summed E-state index contributed by atoms with van der Waals surface area (Å²) in [6.07, 6.45) is 10.4. The van der Waals surface area contributed by atoms with E-state index in [0.29, 0.717) is 6.61 Å². The largest absolute Gasteiger partial charge is 0.396 e. The van der Waals surface area contributed by atoms with Crippen molar-refractivity contribution in [3.05, 3.63) is 0 Å². The molecule has 0 bridgehead atoms. The normalized spacial score (nSPS) is 10.7. The lowest BCUT2D eigenvalue weighted by Gasteiger charge is -2.01. The number of hydrogen-bond acceptors (Lipinski definition) is 2. The van der Waals surface area contributed by atoms with E-state index in [1.165, 1.54) is 56.5 Å². The van der Waals surface area contributed by atoms with Crippen molar-refractivity contribution in [2.24, 2.45) is 0 Å². The van der Waals surface area contributed by atoms with Crippen LogP contribution in [0.3, 0.4) is 0 Å². The highest BCUT2D eigenvalue weighted by Gasteiger charge is 1.91. The Hall–Kier alpha value is 0.310. The predicted molar refractivity (Wildman–Crippen MR) is 67.0 cm³/mol. The molecule has 0 atom stereocenters. The molecule has 0 aliphatic carbocycles. The van der Waals surface area contributed by atoms with Crippen molar-refractivity contribution >= 4 is 11.8 Å². The number of aliphatic hydroxyl groups excluding tert-OH is 1. The highest BCUT2D eigenvalue weighted by Crippen LogP contribution is 2.10. The zero-order valence-corrected chi connectivity index (χ0v) is 10.5. The number of rotatable bonds is 11. The summed E-state index contributed by atoms with van der Waals surface area (Å²) in [5, 5.41) is 8.58. The van der Waals surface area contributed by atoms with Gasteiger partial charge in [0, 0.05) is 6.61 Å². The number of aliphatic hydroxyl groups is 1. The Morgan fingerprint density at radius 3 is 1.93 bits per heavy atom. The molecule has 0 aliphatic heterocycles. The number of hydrogen-bond donors (Lipinski definition) is 1. The summed E-state index contributed by atoms with van der Waals surface area (Å²) in [5.41, 5.74) is 0. The SMILES string of the molecule is CCCCCCCSCCCCCO. The van der Waals surface area contributed by atoms with Crippen LogP contribution >= 0.6 is 11.8 Å². The zero-order chi connectivity index (χ0) is 10.5. The highest BCUT2D eigenvalue weighted by atomic mass is 32.2. The molecule has 0 aromatic carbocycles. The first-order valence-electron chi connectivity index (χ1n) is 6.10. The van der Waals surface area contributed by atoms with Crippen molar-refractivity contribution in [1.29, 1.82) is 0 Å². The maximum atomic E-state index is 8.58. The Morgan fingerprint density at radius 2 is 1.36 bits per heavy atom. The van der Waals surface area contributed by atoms with Gasteiger partial charge >= 0.3 is 0 Å². The predicted octanol–water partition coefficient (Wildman–Crippen LogP) is 3.85. The van der Waals surface area contributed by atoms with Gasteiger partial charge in [-0.05, 0) is 30.8 Å². The minimum Gasteiger partial charge on any atom is -0.396 e. The lowest BCUT2D eigenvalue weighted by Crippen LogP contribution is -1.87. The van der Waals surface area contributed by atoms with Crippen LogP contribution in [0.25, 0.3) is 0 Å². The van der Waals surface area contributed by atoms with Crippen molar-refractivity contribution in [3.63, 3.8) is 0 Å². The Balaban J connectivity index is 2.78. The van der Waals surface area contributed by atoms with Crippen LogP contribution in [0.4, 0.5) is 0 Å². The van der Waals surface area contributed by atoms with Gasteiger partial charge < -0.3 is 5.11 Å². The fourth-order valence-corrected chi connectivity index (χ4v) is 2.42. The fraction of sp³-hybridized carbons (Fsp3) is 1.00. The quantitative estimate of drug-likeness (QED) is 0.532. The van der Waals surface area contributed by atoms with Gasteiger partial charge in [-0.1, -0.05) is 39.0 Å². The molecule has 14 heavy (non-hydrogen) atoms. The van der Waals surface area contributed by atoms with E-state index in [1.54, 1.807) is 0 Å². The van der Waals surface area contributed by atoms with E-state index < -0.39 is 0 Å². The first-order valence-corrected chi connectivity index (χ1v) is 7.26. The first-order chi connectivity index (χ1) is 6.91. The molecule has 0 fully saturated rings. The summed E-state index contributed by atoms with van der Waals surface area (Å²) < 4.78 is 0. The number of unbranched alkanes of at least 4 members (excludes halogenated alkanes) is 6. The Labute approximate surface area is 93.7 Å². The van der Waals surface area contributed by atoms with Gasteiger partial charge in [-0.3, -0.25) is 0 Å². The maximum absolute atomic E-state index is 8.58. The molecule has 0 spiro atoms. The van der Waals surface area contributed by atoms with E-state index in [2.05, 4.69) is 18.7 Å². The van der Waals surface area contributed by atoms with E-state index in [0.717, 1.165) is 6.42 Å². The molecule has 0 aromatic rings. The van der Waals surface area contributed by atoms with E-state index in [-0.39, 0.29) is 0 Å². The topological polar surface area (TPSA) is 20.2 Å². The third kappa shape index (κ3) is 12.3. The second-order valence-electron chi connectivity index (χ2n) is 3.81. The molecule has 2 heteroatoms. The van der Waals surface area contributed by atoms with Gasteiger partial charge in [-0.15, -0.1) is 0 Å². The van der Waals surface area contributed by atoms with E-state index in [1.807, 2.05) is 0 Å². The average molecular weight is 218 g/mol. The minimum absolute atomic E-state index is 0.363. The zero-order valence-electron chi connectivity index (χ0n) is 9.63. The summed E-state index contributed by atoms with van der Waals surface area (Å²) in [4.78, 5) is 0. The van der Waals surface area contributed by atoms with Gasteiger partial charge in [0.1, 0.15) is 0 Å². The van der Waals surface area contributed by atoms with Crippen LogP contribution in [0.2, 0.25) is 0 Å². The molecule has 0 radical (unpaired) electrons. The monoisotopic (exact) mass is 218 g/mol. The van der Waals surface area contributed by atoms with Crippen LogP contribution in [0, 0.1) is 0 Å². The highest BCUT2D eigenvalue weighted by molar-refractivity contribution is 7.99. The molecular formula is C12H26OS. The summed E-state index contributed by atoms with van der Waals surface area (Å²) in [6, 6.07) is 0. The molecule has 0 aromatic heterocycles. The van der Waals surface area contributed by atoms with Gasteiger partial charge in [0.2, 0.25) is 0 Å². The fourth-order valence-electron chi connectivity index (χ4n) is 1.40. The van der Waals surface area contributed by atoms with Gasteiger partial charge in [0.15, 0.2) is 0 Å². The molecule has 0 rings (SSSR count). The smallest absolute Gasteiger partial charge is 0.0431 e. The summed E-state index contributed by atoms with van der Waals surface area (Å²) in [7, 11) is 0. The van der Waals surface area contributed by atoms with Crippen molar-refractivity contribution in [2.45, 2.75) is 58.3 Å². The molecular weight excluding hydrogens is 192 g/mol. The van der Waals surface area contributed by atoms with Crippen LogP contribution in [0.5, 0.6) is 0 Å². The maximum Gasteiger partial charge on any atom is 0.0431 e. The molecule has 1 nitrogen and oxygen atoms in total. The van der Waals surface area contributed by atoms with Gasteiger partial charge in [-0.2, -0.15) is 11.8 Å².